The van der Waals surface area contributed by atoms with E-state index in [-0.39, 0.29) is 31.1 Å². The van der Waals surface area contributed by atoms with Crippen molar-refractivity contribution in [1.82, 2.24) is 25.1 Å². The standard InChI is InChI=1S/C21H22F6N6O4/c22-20(23,24)12-9-28-19(29-10-12)32-4-1-13(2-5-32)33-6-3-14(18(33)35)36-7-8-37-15-11-30-31-17(34)16(15)21(25,26)27/h9-11,13-14H,1-8H2,(H,31,34)/t14-/m0/s1. The van der Waals surface area contributed by atoms with Gasteiger partial charge in [0.15, 0.2) is 11.3 Å². The number of amides is 1. The Morgan fingerprint density at radius 2 is 1.59 bits per heavy atom. The molecule has 0 bridgehead atoms. The van der Waals surface area contributed by atoms with E-state index in [2.05, 4.69) is 15.1 Å². The summed E-state index contributed by atoms with van der Waals surface area (Å²) in [5.41, 5.74) is -3.86. The van der Waals surface area contributed by atoms with E-state index >= 15 is 0 Å². The summed E-state index contributed by atoms with van der Waals surface area (Å²) in [5.74, 6) is -0.800. The summed E-state index contributed by atoms with van der Waals surface area (Å²) in [6, 6.07) is -0.0977. The lowest BCUT2D eigenvalue weighted by Crippen LogP contribution is -2.47. The number of nitrogens with zero attached hydrogens (tertiary/aromatic N) is 5. The molecule has 2 fully saturated rings. The molecule has 1 amide bonds. The van der Waals surface area contributed by atoms with Crippen LogP contribution >= 0.6 is 0 Å². The molecule has 0 aromatic carbocycles. The highest BCUT2D eigenvalue weighted by Gasteiger charge is 2.40. The number of piperidine rings is 1. The third-order valence-corrected chi connectivity index (χ3v) is 6.11. The molecule has 2 aliphatic heterocycles. The van der Waals surface area contributed by atoms with Gasteiger partial charge in [0, 0.05) is 44.5 Å². The Hall–Kier alpha value is -3.43. The van der Waals surface area contributed by atoms with Gasteiger partial charge >= 0.3 is 12.4 Å². The van der Waals surface area contributed by atoms with Gasteiger partial charge in [-0.1, -0.05) is 0 Å². The van der Waals surface area contributed by atoms with Gasteiger partial charge in [0.05, 0.1) is 18.4 Å². The average molecular weight is 536 g/mol. The van der Waals surface area contributed by atoms with Crippen molar-refractivity contribution in [1.29, 1.82) is 0 Å². The van der Waals surface area contributed by atoms with Crippen LogP contribution in [0.3, 0.4) is 0 Å². The second-order valence-electron chi connectivity index (χ2n) is 8.45. The molecular weight excluding hydrogens is 514 g/mol. The zero-order valence-corrected chi connectivity index (χ0v) is 19.2. The van der Waals surface area contributed by atoms with E-state index in [1.54, 1.807) is 14.9 Å². The lowest BCUT2D eigenvalue weighted by molar-refractivity contribution is -0.141. The molecule has 37 heavy (non-hydrogen) atoms. The molecule has 1 atom stereocenters. The van der Waals surface area contributed by atoms with Crippen molar-refractivity contribution in [3.05, 3.63) is 40.1 Å². The van der Waals surface area contributed by atoms with Crippen LogP contribution in [0.4, 0.5) is 32.3 Å². The summed E-state index contributed by atoms with van der Waals surface area (Å²) in [6.07, 6.45) is -6.50. The summed E-state index contributed by atoms with van der Waals surface area (Å²) in [7, 11) is 0. The van der Waals surface area contributed by atoms with Gasteiger partial charge in [-0.3, -0.25) is 9.59 Å². The summed E-state index contributed by atoms with van der Waals surface area (Å²) in [6.45, 7) is 0.819. The minimum Gasteiger partial charge on any atom is -0.489 e. The largest absolute Gasteiger partial charge is 0.489 e. The highest BCUT2D eigenvalue weighted by atomic mass is 19.4. The normalized spacial score (nSPS) is 19.5. The molecule has 0 aliphatic carbocycles. The number of halogens is 6. The van der Waals surface area contributed by atoms with Crippen molar-refractivity contribution >= 4 is 11.9 Å². The van der Waals surface area contributed by atoms with Gasteiger partial charge in [-0.25, -0.2) is 15.1 Å². The molecule has 4 heterocycles. The molecule has 2 aromatic rings. The minimum absolute atomic E-state index is 0.0977. The van der Waals surface area contributed by atoms with Crippen LogP contribution in [0.15, 0.2) is 23.4 Å². The van der Waals surface area contributed by atoms with Crippen LogP contribution in [-0.4, -0.2) is 76.0 Å². The van der Waals surface area contributed by atoms with Gasteiger partial charge in [0.25, 0.3) is 11.5 Å². The Kier molecular flexibility index (Phi) is 7.57. The van der Waals surface area contributed by atoms with Crippen molar-refractivity contribution < 1.29 is 40.6 Å². The Labute approximate surface area is 205 Å². The van der Waals surface area contributed by atoms with Crippen LogP contribution in [0.1, 0.15) is 30.4 Å². The zero-order chi connectivity index (χ0) is 26.8. The van der Waals surface area contributed by atoms with Crippen LogP contribution in [0.5, 0.6) is 5.75 Å². The highest BCUT2D eigenvalue weighted by Crippen LogP contribution is 2.33. The molecule has 2 aliphatic rings. The van der Waals surface area contributed by atoms with Crippen LogP contribution < -0.4 is 15.2 Å². The van der Waals surface area contributed by atoms with Gasteiger partial charge in [-0.2, -0.15) is 31.4 Å². The number of anilines is 1. The predicted octanol–water partition coefficient (Wildman–Crippen LogP) is 2.26. The maximum absolute atomic E-state index is 13.1. The first-order valence-corrected chi connectivity index (χ1v) is 11.3. The van der Waals surface area contributed by atoms with Gasteiger partial charge in [-0.05, 0) is 12.8 Å². The fourth-order valence-corrected chi connectivity index (χ4v) is 4.30. The molecule has 4 rings (SSSR count). The van der Waals surface area contributed by atoms with E-state index in [0.717, 1.165) is 18.6 Å². The number of alkyl halides is 6. The van der Waals surface area contributed by atoms with Crippen LogP contribution in [0, 0.1) is 0 Å². The molecule has 2 saturated heterocycles. The Morgan fingerprint density at radius 1 is 0.919 bits per heavy atom. The Morgan fingerprint density at radius 3 is 2.22 bits per heavy atom. The zero-order valence-electron chi connectivity index (χ0n) is 19.2. The van der Waals surface area contributed by atoms with E-state index < -0.39 is 40.9 Å². The predicted molar refractivity (Wildman–Crippen MR) is 114 cm³/mol. The van der Waals surface area contributed by atoms with Crippen molar-refractivity contribution in [2.75, 3.05) is 37.7 Å². The summed E-state index contributed by atoms with van der Waals surface area (Å²) in [5, 5.41) is 5.01. The fourth-order valence-electron chi connectivity index (χ4n) is 4.30. The third-order valence-electron chi connectivity index (χ3n) is 6.11. The topological polar surface area (TPSA) is 114 Å². The number of carbonyl (C=O) groups excluding carboxylic acids is 1. The van der Waals surface area contributed by atoms with Crippen molar-refractivity contribution in [3.8, 4) is 5.75 Å². The van der Waals surface area contributed by atoms with Crippen LogP contribution in [-0.2, 0) is 21.9 Å². The number of hydrogen-bond acceptors (Lipinski definition) is 8. The second-order valence-corrected chi connectivity index (χ2v) is 8.45. The van der Waals surface area contributed by atoms with Gasteiger partial charge in [0.1, 0.15) is 12.7 Å². The fraction of sp³-hybridized carbons (Fsp3) is 0.571. The SMILES string of the molecule is O=C1[C@@H](OCCOc2cn[nH]c(=O)c2C(F)(F)F)CCN1C1CCN(c2ncc(C(F)(F)F)cn2)CC1. The molecule has 0 saturated carbocycles. The number of rotatable bonds is 7. The van der Waals surface area contributed by atoms with Crippen molar-refractivity contribution in [2.45, 2.75) is 43.8 Å². The molecule has 16 heteroatoms. The summed E-state index contributed by atoms with van der Waals surface area (Å²) >= 11 is 0. The van der Waals surface area contributed by atoms with Crippen molar-refractivity contribution in [2.24, 2.45) is 0 Å². The number of carbonyl (C=O) groups is 1. The molecule has 0 spiro atoms. The van der Waals surface area contributed by atoms with E-state index in [4.69, 9.17) is 9.47 Å². The lowest BCUT2D eigenvalue weighted by atomic mass is 10.0. The lowest BCUT2D eigenvalue weighted by Gasteiger charge is -2.36. The second kappa shape index (κ2) is 10.5. The van der Waals surface area contributed by atoms with Gasteiger partial charge in [0.2, 0.25) is 5.95 Å². The van der Waals surface area contributed by atoms with Crippen LogP contribution in [0.2, 0.25) is 0 Å². The molecule has 10 nitrogen and oxygen atoms in total. The summed E-state index contributed by atoms with van der Waals surface area (Å²) < 4.78 is 87.8. The minimum atomic E-state index is -4.93. The number of H-pyrrole nitrogens is 1. The van der Waals surface area contributed by atoms with Crippen molar-refractivity contribution in [3.63, 3.8) is 0 Å². The first kappa shape index (κ1) is 26.6. The van der Waals surface area contributed by atoms with Crippen LogP contribution in [0.25, 0.3) is 0 Å². The molecule has 0 radical (unpaired) electrons. The Bertz CT molecular complexity index is 1150. The first-order chi connectivity index (χ1) is 17.4. The van der Waals surface area contributed by atoms with Gasteiger partial charge in [-0.15, -0.1) is 0 Å². The first-order valence-electron chi connectivity index (χ1n) is 11.3. The Balaban J connectivity index is 1.24. The van der Waals surface area contributed by atoms with E-state index in [0.29, 0.717) is 38.9 Å². The molecular formula is C21H22F6N6O4. The number of nitrogens with one attached hydrogen (secondary N) is 1. The third kappa shape index (κ3) is 6.11. The smallest absolute Gasteiger partial charge is 0.425 e. The number of likely N-dealkylation sites (tertiary alicyclic amines) is 1. The van der Waals surface area contributed by atoms with Gasteiger partial charge < -0.3 is 19.3 Å². The average Bonchev–Trinajstić information content (AvgIpc) is 3.21. The maximum atomic E-state index is 13.1. The van der Waals surface area contributed by atoms with E-state index in [9.17, 15) is 35.9 Å². The number of aromatic nitrogens is 4. The molecule has 0 unspecified atom stereocenters. The number of aromatic amines is 1. The molecule has 1 N–H and O–H groups in total. The number of ether oxygens (including phenoxy) is 2. The quantitative estimate of drug-likeness (QED) is 0.424. The van der Waals surface area contributed by atoms with E-state index in [1.165, 1.54) is 0 Å². The summed E-state index contributed by atoms with van der Waals surface area (Å²) in [4.78, 5) is 35.3. The monoisotopic (exact) mass is 536 g/mol. The van der Waals surface area contributed by atoms with E-state index in [1.807, 2.05) is 0 Å². The maximum Gasteiger partial charge on any atom is 0.425 e. The molecule has 202 valence electrons. The number of hydrogen-bond donors (Lipinski definition) is 1. The molecule has 2 aromatic heterocycles. The highest BCUT2D eigenvalue weighted by molar-refractivity contribution is 5.83.